The number of aromatic nitrogens is 1. The Morgan fingerprint density at radius 2 is 2.08 bits per heavy atom. The average molecular weight is 365 g/mol. The van der Waals surface area contributed by atoms with Crippen LogP contribution in [0.3, 0.4) is 0 Å². The molecule has 1 aromatic carbocycles. The third-order valence-corrected chi connectivity index (χ3v) is 5.51. The first-order chi connectivity index (χ1) is 12.6. The third kappa shape index (κ3) is 3.15. The van der Waals surface area contributed by atoms with Crippen LogP contribution in [0.4, 0.5) is 5.82 Å². The summed E-state index contributed by atoms with van der Waals surface area (Å²) in [6.45, 7) is 3.56. The Kier molecular flexibility index (Phi) is 4.34. The van der Waals surface area contributed by atoms with Gasteiger partial charge in [-0.15, -0.1) is 11.3 Å². The number of carbonyl (C=O) groups is 1. The number of hydrogen-bond donors (Lipinski definition) is 1. The summed E-state index contributed by atoms with van der Waals surface area (Å²) in [6.07, 6.45) is 1.76. The molecule has 3 heterocycles. The van der Waals surface area contributed by atoms with E-state index in [1.54, 1.807) is 12.3 Å². The summed E-state index contributed by atoms with van der Waals surface area (Å²) in [5.74, 6) is 1.39. The molecule has 0 radical (unpaired) electrons. The van der Waals surface area contributed by atoms with E-state index in [1.807, 2.05) is 41.5 Å². The van der Waals surface area contributed by atoms with Crippen LogP contribution in [0.15, 0.2) is 48.0 Å². The van der Waals surface area contributed by atoms with Crippen molar-refractivity contribution in [2.75, 3.05) is 18.9 Å². The highest BCUT2D eigenvalue weighted by Crippen LogP contribution is 2.30. The monoisotopic (exact) mass is 365 g/mol. The van der Waals surface area contributed by atoms with Gasteiger partial charge in [-0.25, -0.2) is 4.98 Å². The molecule has 1 amide bonds. The molecule has 132 valence electrons. The Morgan fingerprint density at radius 1 is 1.23 bits per heavy atom. The van der Waals surface area contributed by atoms with Gasteiger partial charge < -0.3 is 15.4 Å². The highest BCUT2D eigenvalue weighted by Gasteiger charge is 2.23. The lowest BCUT2D eigenvalue weighted by Crippen LogP contribution is -2.32. The van der Waals surface area contributed by atoms with Gasteiger partial charge in [-0.05, 0) is 53.8 Å². The third-order valence-electron chi connectivity index (χ3n) is 4.50. The number of rotatable bonds is 2. The number of aryl methyl sites for hydroxylation is 1. The average Bonchev–Trinajstić information content (AvgIpc) is 2.96. The topological polar surface area (TPSA) is 68.5 Å². The van der Waals surface area contributed by atoms with Gasteiger partial charge in [0.25, 0.3) is 5.91 Å². The first-order valence-electron chi connectivity index (χ1n) is 8.43. The Bertz CT molecular complexity index is 950. The molecular weight excluding hydrogens is 346 g/mol. The maximum Gasteiger partial charge on any atom is 0.264 e. The second-order valence-electron chi connectivity index (χ2n) is 6.30. The number of nitrogen functional groups attached to an aromatic ring is 1. The van der Waals surface area contributed by atoms with Crippen LogP contribution in [-0.2, 0) is 6.54 Å². The lowest BCUT2D eigenvalue weighted by Gasteiger charge is -2.19. The van der Waals surface area contributed by atoms with E-state index in [9.17, 15) is 4.79 Å². The molecule has 1 aliphatic rings. The van der Waals surface area contributed by atoms with Crippen molar-refractivity contribution in [3.05, 3.63) is 64.0 Å². The van der Waals surface area contributed by atoms with Gasteiger partial charge >= 0.3 is 0 Å². The van der Waals surface area contributed by atoms with Crippen LogP contribution in [0, 0.1) is 6.92 Å². The second-order valence-corrected chi connectivity index (χ2v) is 7.22. The molecule has 0 saturated carbocycles. The van der Waals surface area contributed by atoms with Gasteiger partial charge in [0.05, 0.1) is 11.4 Å². The number of carbonyl (C=O) groups excluding carboxylic acids is 1. The van der Waals surface area contributed by atoms with Crippen LogP contribution in [-0.4, -0.2) is 28.9 Å². The molecule has 3 aromatic rings. The summed E-state index contributed by atoms with van der Waals surface area (Å²) in [6, 6.07) is 11.7. The molecule has 0 bridgehead atoms. The van der Waals surface area contributed by atoms with E-state index in [4.69, 9.17) is 10.5 Å². The highest BCUT2D eigenvalue weighted by molar-refractivity contribution is 7.12. The van der Waals surface area contributed by atoms with Crippen molar-refractivity contribution < 1.29 is 9.53 Å². The molecule has 0 spiro atoms. The van der Waals surface area contributed by atoms with Gasteiger partial charge in [0.1, 0.15) is 18.2 Å². The SMILES string of the molecule is Cc1ccsc1C(=O)N1CCOc2ccc(-c3ccc(N)nc3)cc2C1. The largest absolute Gasteiger partial charge is 0.491 e. The molecule has 4 rings (SSSR count). The Hall–Kier alpha value is -2.86. The van der Waals surface area contributed by atoms with Gasteiger partial charge in [0.15, 0.2) is 0 Å². The normalized spacial score (nSPS) is 13.7. The van der Waals surface area contributed by atoms with E-state index in [0.29, 0.717) is 25.5 Å². The number of anilines is 1. The van der Waals surface area contributed by atoms with Crippen molar-refractivity contribution >= 4 is 23.1 Å². The van der Waals surface area contributed by atoms with E-state index in [0.717, 1.165) is 32.9 Å². The highest BCUT2D eigenvalue weighted by atomic mass is 32.1. The van der Waals surface area contributed by atoms with Gasteiger partial charge in [-0.3, -0.25) is 4.79 Å². The predicted octanol–water partition coefficient (Wildman–Crippen LogP) is 3.74. The molecular formula is C20H19N3O2S. The van der Waals surface area contributed by atoms with Crippen molar-refractivity contribution in [3.63, 3.8) is 0 Å². The molecule has 26 heavy (non-hydrogen) atoms. The number of ether oxygens (including phenoxy) is 1. The van der Waals surface area contributed by atoms with Crippen molar-refractivity contribution in [3.8, 4) is 16.9 Å². The molecule has 0 fully saturated rings. The van der Waals surface area contributed by atoms with Crippen LogP contribution in [0.1, 0.15) is 20.8 Å². The van der Waals surface area contributed by atoms with E-state index >= 15 is 0 Å². The quantitative estimate of drug-likeness (QED) is 0.751. The fourth-order valence-corrected chi connectivity index (χ4v) is 3.95. The van der Waals surface area contributed by atoms with Crippen molar-refractivity contribution in [1.82, 2.24) is 9.88 Å². The Morgan fingerprint density at radius 3 is 2.81 bits per heavy atom. The molecule has 1 aliphatic heterocycles. The zero-order valence-corrected chi connectivity index (χ0v) is 15.3. The van der Waals surface area contributed by atoms with Crippen LogP contribution < -0.4 is 10.5 Å². The molecule has 0 atom stereocenters. The Balaban J connectivity index is 1.64. The molecule has 2 N–H and O–H groups in total. The zero-order chi connectivity index (χ0) is 18.1. The molecule has 5 nitrogen and oxygen atoms in total. The summed E-state index contributed by atoms with van der Waals surface area (Å²) in [5.41, 5.74) is 9.71. The zero-order valence-electron chi connectivity index (χ0n) is 14.4. The molecule has 0 saturated heterocycles. The summed E-state index contributed by atoms with van der Waals surface area (Å²) < 4.78 is 5.86. The van der Waals surface area contributed by atoms with Crippen LogP contribution >= 0.6 is 11.3 Å². The number of hydrogen-bond acceptors (Lipinski definition) is 5. The lowest BCUT2D eigenvalue weighted by atomic mass is 10.0. The van der Waals surface area contributed by atoms with Crippen molar-refractivity contribution in [1.29, 1.82) is 0 Å². The van der Waals surface area contributed by atoms with Crippen molar-refractivity contribution in [2.24, 2.45) is 0 Å². The fraction of sp³-hybridized carbons (Fsp3) is 0.200. The standard InChI is InChI=1S/C20H19N3O2S/c1-13-6-9-26-19(13)20(24)23-7-8-25-17-4-2-14(10-16(17)12-23)15-3-5-18(21)22-11-15/h2-6,9-11H,7-8,12H2,1H3,(H2,21,22). The number of nitrogens with zero attached hydrogens (tertiary/aromatic N) is 2. The maximum atomic E-state index is 12.9. The van der Waals surface area contributed by atoms with Crippen LogP contribution in [0.5, 0.6) is 5.75 Å². The first kappa shape index (κ1) is 16.6. The van der Waals surface area contributed by atoms with E-state index < -0.39 is 0 Å². The second kappa shape index (κ2) is 6.80. The number of thiophene rings is 1. The number of fused-ring (bicyclic) bond motifs is 1. The van der Waals surface area contributed by atoms with Crippen molar-refractivity contribution in [2.45, 2.75) is 13.5 Å². The first-order valence-corrected chi connectivity index (χ1v) is 9.31. The minimum atomic E-state index is 0.0634. The summed E-state index contributed by atoms with van der Waals surface area (Å²) in [5, 5.41) is 1.96. The smallest absolute Gasteiger partial charge is 0.264 e. The van der Waals surface area contributed by atoms with Gasteiger partial charge in [-0.2, -0.15) is 0 Å². The number of pyridine rings is 1. The Labute approximate surface area is 156 Å². The summed E-state index contributed by atoms with van der Waals surface area (Å²) in [7, 11) is 0. The molecule has 2 aromatic heterocycles. The van der Waals surface area contributed by atoms with E-state index in [-0.39, 0.29) is 5.91 Å². The molecule has 6 heteroatoms. The summed E-state index contributed by atoms with van der Waals surface area (Å²) >= 11 is 1.49. The summed E-state index contributed by atoms with van der Waals surface area (Å²) in [4.78, 5) is 19.7. The van der Waals surface area contributed by atoms with Crippen LogP contribution in [0.2, 0.25) is 0 Å². The van der Waals surface area contributed by atoms with Gasteiger partial charge in [0.2, 0.25) is 0 Å². The number of nitrogens with two attached hydrogens (primary N) is 1. The predicted molar refractivity (Wildman–Crippen MR) is 103 cm³/mol. The molecule has 0 unspecified atom stereocenters. The van der Waals surface area contributed by atoms with Gasteiger partial charge in [-0.1, -0.05) is 6.07 Å². The van der Waals surface area contributed by atoms with Crippen LogP contribution in [0.25, 0.3) is 11.1 Å². The fourth-order valence-electron chi connectivity index (χ4n) is 3.06. The maximum absolute atomic E-state index is 12.9. The lowest BCUT2D eigenvalue weighted by molar-refractivity contribution is 0.0737. The molecule has 0 aliphatic carbocycles. The van der Waals surface area contributed by atoms with E-state index in [2.05, 4.69) is 11.1 Å². The minimum Gasteiger partial charge on any atom is -0.491 e. The van der Waals surface area contributed by atoms with E-state index in [1.165, 1.54) is 11.3 Å². The van der Waals surface area contributed by atoms with Gasteiger partial charge in [0, 0.05) is 23.9 Å². The number of benzene rings is 1. The number of amides is 1. The minimum absolute atomic E-state index is 0.0634.